The maximum absolute atomic E-state index is 13.8. The van der Waals surface area contributed by atoms with Crippen molar-refractivity contribution in [2.75, 3.05) is 19.3 Å². The molecule has 1 fully saturated rings. The molecular formula is C21H26NO2P. The molecular weight excluding hydrogens is 329 g/mol. The van der Waals surface area contributed by atoms with Crippen LogP contribution >= 0.6 is 7.52 Å². The molecule has 0 aliphatic carbocycles. The molecule has 1 saturated heterocycles. The number of benzene rings is 2. The molecule has 3 nitrogen and oxygen atoms in total. The van der Waals surface area contributed by atoms with Crippen molar-refractivity contribution in [3.8, 4) is 0 Å². The minimum Gasteiger partial charge on any atom is -0.317 e. The lowest BCUT2D eigenvalue weighted by Gasteiger charge is -2.41. The minimum atomic E-state index is -2.92. The Morgan fingerprint density at radius 1 is 1.12 bits per heavy atom. The van der Waals surface area contributed by atoms with Crippen LogP contribution in [0.15, 0.2) is 73.3 Å². The molecule has 0 spiro atoms. The third kappa shape index (κ3) is 4.12. The molecule has 0 amide bonds. The Hall–Kier alpha value is -1.67. The number of rotatable bonds is 6. The van der Waals surface area contributed by atoms with E-state index in [9.17, 15) is 4.57 Å². The fourth-order valence-corrected chi connectivity index (χ4v) is 6.19. The third-order valence-electron chi connectivity index (χ3n) is 4.67. The van der Waals surface area contributed by atoms with E-state index in [2.05, 4.69) is 35.5 Å². The normalized spacial score (nSPS) is 22.6. The van der Waals surface area contributed by atoms with Gasteiger partial charge in [0, 0.05) is 12.7 Å². The Bertz CT molecular complexity index is 693. The molecule has 0 aromatic heterocycles. The second-order valence-corrected chi connectivity index (χ2v) is 9.02. The molecule has 2 aromatic rings. The van der Waals surface area contributed by atoms with Gasteiger partial charge in [-0.05, 0) is 23.5 Å². The highest BCUT2D eigenvalue weighted by Crippen LogP contribution is 2.59. The van der Waals surface area contributed by atoms with E-state index in [1.54, 1.807) is 0 Å². The first-order valence-corrected chi connectivity index (χ1v) is 10.6. The van der Waals surface area contributed by atoms with Crippen molar-refractivity contribution in [2.45, 2.75) is 19.4 Å². The molecule has 4 heteroatoms. The molecule has 2 aromatic carbocycles. The first-order chi connectivity index (χ1) is 12.1. The van der Waals surface area contributed by atoms with Gasteiger partial charge in [-0.2, -0.15) is 0 Å². The molecule has 1 unspecified atom stereocenters. The molecule has 25 heavy (non-hydrogen) atoms. The Morgan fingerprint density at radius 2 is 1.68 bits per heavy atom. The van der Waals surface area contributed by atoms with E-state index < -0.39 is 7.52 Å². The molecule has 0 radical (unpaired) electrons. The van der Waals surface area contributed by atoms with Crippen LogP contribution in [0.2, 0.25) is 0 Å². The van der Waals surface area contributed by atoms with Gasteiger partial charge in [-0.15, -0.1) is 6.58 Å². The maximum atomic E-state index is 13.8. The van der Waals surface area contributed by atoms with Crippen molar-refractivity contribution < 1.29 is 9.09 Å². The maximum Gasteiger partial charge on any atom is 0.273 e. The highest BCUT2D eigenvalue weighted by Gasteiger charge is 2.41. The summed E-state index contributed by atoms with van der Waals surface area (Å²) in [4.78, 5) is 0. The zero-order chi connectivity index (χ0) is 17.7. The number of nitrogens with zero attached hydrogens (tertiary/aromatic N) is 1. The summed E-state index contributed by atoms with van der Waals surface area (Å²) in [6, 6.07) is 20.5. The van der Waals surface area contributed by atoms with Gasteiger partial charge in [0.15, 0.2) is 0 Å². The fraction of sp³-hybridized carbons (Fsp3) is 0.333. The van der Waals surface area contributed by atoms with E-state index in [-0.39, 0.29) is 12.0 Å². The quantitative estimate of drug-likeness (QED) is 0.505. The topological polar surface area (TPSA) is 29.5 Å². The van der Waals surface area contributed by atoms with Crippen LogP contribution in [-0.4, -0.2) is 24.0 Å². The van der Waals surface area contributed by atoms with Crippen molar-refractivity contribution in [1.29, 1.82) is 0 Å². The molecule has 0 N–H and O–H groups in total. The van der Waals surface area contributed by atoms with Crippen LogP contribution in [0.1, 0.15) is 30.5 Å². The molecule has 132 valence electrons. The summed E-state index contributed by atoms with van der Waals surface area (Å²) in [5, 5.41) is 0. The fourth-order valence-electron chi connectivity index (χ4n) is 3.37. The Labute approximate surface area is 150 Å². The molecule has 3 rings (SSSR count). The number of allylic oxidation sites excluding steroid dienone is 1. The molecule has 1 heterocycles. The average molecular weight is 355 g/mol. The first-order valence-electron chi connectivity index (χ1n) is 8.87. The zero-order valence-corrected chi connectivity index (χ0v) is 15.6. The van der Waals surface area contributed by atoms with Gasteiger partial charge in [0.1, 0.15) is 0 Å². The Kier molecular flexibility index (Phi) is 5.90. The molecule has 1 aliphatic heterocycles. The summed E-state index contributed by atoms with van der Waals surface area (Å²) >= 11 is 0. The number of hydrogen-bond donors (Lipinski definition) is 0. The third-order valence-corrected chi connectivity index (χ3v) is 7.50. The van der Waals surface area contributed by atoms with Crippen LogP contribution in [-0.2, 0) is 9.09 Å². The van der Waals surface area contributed by atoms with E-state index in [4.69, 9.17) is 4.52 Å². The summed E-state index contributed by atoms with van der Waals surface area (Å²) in [6.07, 6.45) is 3.26. The summed E-state index contributed by atoms with van der Waals surface area (Å²) < 4.78 is 21.8. The zero-order valence-electron chi connectivity index (χ0n) is 14.8. The van der Waals surface area contributed by atoms with Gasteiger partial charge in [-0.3, -0.25) is 4.57 Å². The monoisotopic (exact) mass is 355 g/mol. The predicted molar refractivity (Wildman–Crippen MR) is 104 cm³/mol. The second kappa shape index (κ2) is 8.14. The molecule has 1 aliphatic rings. The highest BCUT2D eigenvalue weighted by molar-refractivity contribution is 7.56. The van der Waals surface area contributed by atoms with E-state index >= 15 is 0 Å². The Balaban J connectivity index is 2.04. The SMILES string of the molecule is C=C[C@@H](C)CP1(=O)OCCCN1C(c1ccccc1)c1ccccc1. The lowest BCUT2D eigenvalue weighted by atomic mass is 9.98. The van der Waals surface area contributed by atoms with Gasteiger partial charge in [-0.25, -0.2) is 4.67 Å². The first kappa shape index (κ1) is 18.1. The minimum absolute atomic E-state index is 0.0643. The van der Waals surface area contributed by atoms with E-state index in [1.807, 2.05) is 49.4 Å². The van der Waals surface area contributed by atoms with Gasteiger partial charge in [0.2, 0.25) is 0 Å². The van der Waals surface area contributed by atoms with E-state index in [1.165, 1.54) is 0 Å². The predicted octanol–water partition coefficient (Wildman–Crippen LogP) is 5.51. The standard InChI is InChI=1S/C21H26NO2P/c1-3-18(2)17-25(23)22(15-10-16-24-25)21(19-11-6-4-7-12-19)20-13-8-5-9-14-20/h3-9,11-14,18,21H,1,10,15-17H2,2H3/t18-,25?/m1/s1. The lowest BCUT2D eigenvalue weighted by Crippen LogP contribution is -2.34. The van der Waals surface area contributed by atoms with Crippen molar-refractivity contribution in [3.63, 3.8) is 0 Å². The van der Waals surface area contributed by atoms with Crippen LogP contribution in [0.4, 0.5) is 0 Å². The van der Waals surface area contributed by atoms with Crippen LogP contribution in [0.25, 0.3) is 0 Å². The van der Waals surface area contributed by atoms with E-state index in [0.29, 0.717) is 12.8 Å². The van der Waals surface area contributed by atoms with Crippen molar-refractivity contribution in [1.82, 2.24) is 4.67 Å². The van der Waals surface area contributed by atoms with Crippen LogP contribution < -0.4 is 0 Å². The summed E-state index contributed by atoms with van der Waals surface area (Å²) in [5.41, 5.74) is 2.29. The summed E-state index contributed by atoms with van der Waals surface area (Å²) in [7, 11) is -2.92. The van der Waals surface area contributed by atoms with Gasteiger partial charge >= 0.3 is 0 Å². The summed E-state index contributed by atoms with van der Waals surface area (Å²) in [5.74, 6) is 0.152. The van der Waals surface area contributed by atoms with Gasteiger partial charge in [-0.1, -0.05) is 73.7 Å². The van der Waals surface area contributed by atoms with E-state index in [0.717, 1.165) is 24.1 Å². The largest absolute Gasteiger partial charge is 0.317 e. The van der Waals surface area contributed by atoms with Crippen LogP contribution in [0.5, 0.6) is 0 Å². The van der Waals surface area contributed by atoms with Crippen LogP contribution in [0.3, 0.4) is 0 Å². The second-order valence-electron chi connectivity index (χ2n) is 6.61. The smallest absolute Gasteiger partial charge is 0.273 e. The van der Waals surface area contributed by atoms with Gasteiger partial charge < -0.3 is 4.52 Å². The summed E-state index contributed by atoms with van der Waals surface area (Å²) in [6.45, 7) is 7.23. The van der Waals surface area contributed by atoms with Crippen LogP contribution in [0, 0.1) is 5.92 Å². The highest BCUT2D eigenvalue weighted by atomic mass is 31.2. The average Bonchev–Trinajstić information content (AvgIpc) is 2.65. The van der Waals surface area contributed by atoms with Crippen molar-refractivity contribution in [2.24, 2.45) is 5.92 Å². The van der Waals surface area contributed by atoms with Crippen molar-refractivity contribution >= 4 is 7.52 Å². The Morgan fingerprint density at radius 3 is 2.20 bits per heavy atom. The van der Waals surface area contributed by atoms with Crippen molar-refractivity contribution in [3.05, 3.63) is 84.4 Å². The van der Waals surface area contributed by atoms with Gasteiger partial charge in [0.05, 0.1) is 12.6 Å². The number of hydrogen-bond acceptors (Lipinski definition) is 2. The van der Waals surface area contributed by atoms with Gasteiger partial charge in [0.25, 0.3) is 7.52 Å². The molecule has 2 atom stereocenters. The molecule has 0 saturated carbocycles. The lowest BCUT2D eigenvalue weighted by molar-refractivity contribution is 0.187. The molecule has 0 bridgehead atoms.